The number of aromatic nitrogens is 1. The van der Waals surface area contributed by atoms with Crippen molar-refractivity contribution in [3.05, 3.63) is 10.6 Å². The molecule has 3 nitrogen and oxygen atoms in total. The van der Waals surface area contributed by atoms with Crippen LogP contribution in [0.1, 0.15) is 51.1 Å². The van der Waals surface area contributed by atoms with Crippen LogP contribution in [0.2, 0.25) is 0 Å². The smallest absolute Gasteiger partial charge is 0.185 e. The molecule has 19 heavy (non-hydrogen) atoms. The van der Waals surface area contributed by atoms with E-state index in [1.54, 1.807) is 0 Å². The largest absolute Gasteiger partial charge is 0.348 e. The van der Waals surface area contributed by atoms with Gasteiger partial charge in [-0.1, -0.05) is 6.92 Å². The van der Waals surface area contributed by atoms with Crippen molar-refractivity contribution >= 4 is 16.5 Å². The van der Waals surface area contributed by atoms with Crippen molar-refractivity contribution in [1.29, 1.82) is 0 Å². The molecule has 2 rings (SSSR count). The topological polar surface area (TPSA) is 28.2 Å². The standard InChI is InChI=1S/C15H27N3S/c1-11-7-6-8-18(10-11)14-17-12(2)13(19-14)9-16-15(3,4)5/h11,16H,6-10H2,1-5H3. The van der Waals surface area contributed by atoms with Crippen molar-refractivity contribution in [3.8, 4) is 0 Å². The molecule has 1 saturated heterocycles. The monoisotopic (exact) mass is 281 g/mol. The van der Waals surface area contributed by atoms with Gasteiger partial charge in [0.2, 0.25) is 0 Å². The number of aryl methyl sites for hydroxylation is 1. The summed E-state index contributed by atoms with van der Waals surface area (Å²) < 4.78 is 0. The molecule has 2 heterocycles. The number of nitrogens with zero attached hydrogens (tertiary/aromatic N) is 2. The first kappa shape index (κ1) is 14.8. The Kier molecular flexibility index (Phi) is 4.51. The third-order valence-electron chi connectivity index (χ3n) is 3.59. The van der Waals surface area contributed by atoms with Crippen LogP contribution >= 0.6 is 11.3 Å². The summed E-state index contributed by atoms with van der Waals surface area (Å²) in [6.45, 7) is 14.4. The first-order chi connectivity index (χ1) is 8.85. The Hall–Kier alpha value is -0.610. The number of nitrogens with one attached hydrogen (secondary N) is 1. The van der Waals surface area contributed by atoms with E-state index in [0.29, 0.717) is 0 Å². The summed E-state index contributed by atoms with van der Waals surface area (Å²) in [5, 5.41) is 4.77. The van der Waals surface area contributed by atoms with E-state index >= 15 is 0 Å². The van der Waals surface area contributed by atoms with Crippen LogP contribution in [-0.2, 0) is 6.54 Å². The summed E-state index contributed by atoms with van der Waals surface area (Å²) in [6, 6.07) is 0. The molecule has 0 aliphatic carbocycles. The molecule has 1 aliphatic rings. The van der Waals surface area contributed by atoms with Crippen molar-refractivity contribution in [1.82, 2.24) is 10.3 Å². The lowest BCUT2D eigenvalue weighted by Gasteiger charge is -2.30. The molecule has 4 heteroatoms. The highest BCUT2D eigenvalue weighted by molar-refractivity contribution is 7.15. The summed E-state index contributed by atoms with van der Waals surface area (Å²) in [4.78, 5) is 8.62. The lowest BCUT2D eigenvalue weighted by Crippen LogP contribution is -2.35. The van der Waals surface area contributed by atoms with Crippen LogP contribution in [0, 0.1) is 12.8 Å². The molecule has 1 aliphatic heterocycles. The van der Waals surface area contributed by atoms with Crippen LogP contribution in [0.15, 0.2) is 0 Å². The predicted molar refractivity (Wildman–Crippen MR) is 84.1 cm³/mol. The molecule has 0 radical (unpaired) electrons. The Morgan fingerprint density at radius 3 is 2.79 bits per heavy atom. The summed E-state index contributed by atoms with van der Waals surface area (Å²) in [7, 11) is 0. The van der Waals surface area contributed by atoms with Gasteiger partial charge in [0.05, 0.1) is 5.69 Å². The number of piperidine rings is 1. The zero-order valence-corrected chi connectivity index (χ0v) is 13.7. The van der Waals surface area contributed by atoms with Gasteiger partial charge in [-0.2, -0.15) is 0 Å². The second-order valence-corrected chi connectivity index (χ2v) is 7.86. The zero-order chi connectivity index (χ0) is 14.0. The summed E-state index contributed by atoms with van der Waals surface area (Å²) >= 11 is 1.86. The van der Waals surface area contributed by atoms with E-state index in [4.69, 9.17) is 4.98 Å². The molecular weight excluding hydrogens is 254 g/mol. The average Bonchev–Trinajstić information content (AvgIpc) is 2.67. The lowest BCUT2D eigenvalue weighted by molar-refractivity contribution is 0.425. The van der Waals surface area contributed by atoms with Crippen molar-refractivity contribution in [2.24, 2.45) is 5.92 Å². The Morgan fingerprint density at radius 1 is 1.42 bits per heavy atom. The number of hydrogen-bond donors (Lipinski definition) is 1. The van der Waals surface area contributed by atoms with E-state index in [1.807, 2.05) is 11.3 Å². The zero-order valence-electron chi connectivity index (χ0n) is 12.9. The second-order valence-electron chi connectivity index (χ2n) is 6.80. The normalized spacial score (nSPS) is 20.9. The Labute approximate surface area is 121 Å². The maximum Gasteiger partial charge on any atom is 0.185 e. The minimum Gasteiger partial charge on any atom is -0.348 e. The fraction of sp³-hybridized carbons (Fsp3) is 0.800. The third kappa shape index (κ3) is 4.18. The number of rotatable bonds is 3. The van der Waals surface area contributed by atoms with Gasteiger partial charge in [0, 0.05) is 30.1 Å². The molecular formula is C15H27N3S. The van der Waals surface area contributed by atoms with Crippen LogP contribution in [0.4, 0.5) is 5.13 Å². The molecule has 0 amide bonds. The SMILES string of the molecule is Cc1nc(N2CCCC(C)C2)sc1CNC(C)(C)C. The predicted octanol–water partition coefficient (Wildman–Crippen LogP) is 3.58. The summed E-state index contributed by atoms with van der Waals surface area (Å²) in [6.07, 6.45) is 2.66. The fourth-order valence-electron chi connectivity index (χ4n) is 2.42. The van der Waals surface area contributed by atoms with Gasteiger partial charge in [0.25, 0.3) is 0 Å². The molecule has 1 atom stereocenters. The Morgan fingerprint density at radius 2 is 2.16 bits per heavy atom. The Balaban J connectivity index is 2.03. The van der Waals surface area contributed by atoms with Crippen LogP contribution in [0.25, 0.3) is 0 Å². The van der Waals surface area contributed by atoms with Crippen LogP contribution in [0.5, 0.6) is 0 Å². The van der Waals surface area contributed by atoms with Gasteiger partial charge >= 0.3 is 0 Å². The minimum atomic E-state index is 0.163. The van der Waals surface area contributed by atoms with Gasteiger partial charge in [0.1, 0.15) is 0 Å². The van der Waals surface area contributed by atoms with E-state index in [2.05, 4.69) is 44.8 Å². The van der Waals surface area contributed by atoms with E-state index in [-0.39, 0.29) is 5.54 Å². The van der Waals surface area contributed by atoms with Gasteiger partial charge in [-0.25, -0.2) is 4.98 Å². The molecule has 1 aromatic heterocycles. The first-order valence-electron chi connectivity index (χ1n) is 7.31. The molecule has 1 fully saturated rings. The van der Waals surface area contributed by atoms with Gasteiger partial charge in [-0.05, 0) is 46.5 Å². The first-order valence-corrected chi connectivity index (χ1v) is 8.13. The number of hydrogen-bond acceptors (Lipinski definition) is 4. The molecule has 108 valence electrons. The van der Waals surface area contributed by atoms with Crippen molar-refractivity contribution < 1.29 is 0 Å². The van der Waals surface area contributed by atoms with Crippen molar-refractivity contribution in [2.75, 3.05) is 18.0 Å². The average molecular weight is 281 g/mol. The quantitative estimate of drug-likeness (QED) is 0.918. The van der Waals surface area contributed by atoms with Crippen molar-refractivity contribution in [2.45, 2.75) is 59.5 Å². The van der Waals surface area contributed by atoms with Gasteiger partial charge in [-0.3, -0.25) is 0 Å². The highest BCUT2D eigenvalue weighted by Crippen LogP contribution is 2.29. The number of thiazole rings is 1. The highest BCUT2D eigenvalue weighted by atomic mass is 32.1. The summed E-state index contributed by atoms with van der Waals surface area (Å²) in [5.41, 5.74) is 1.35. The van der Waals surface area contributed by atoms with Crippen molar-refractivity contribution in [3.63, 3.8) is 0 Å². The van der Waals surface area contributed by atoms with E-state index < -0.39 is 0 Å². The maximum absolute atomic E-state index is 4.77. The molecule has 1 N–H and O–H groups in total. The van der Waals surface area contributed by atoms with Crippen LogP contribution in [0.3, 0.4) is 0 Å². The molecule has 0 saturated carbocycles. The third-order valence-corrected chi connectivity index (χ3v) is 4.81. The maximum atomic E-state index is 4.77. The van der Waals surface area contributed by atoms with Crippen LogP contribution < -0.4 is 10.2 Å². The minimum absolute atomic E-state index is 0.163. The molecule has 0 spiro atoms. The molecule has 0 bridgehead atoms. The molecule has 1 aromatic rings. The van der Waals surface area contributed by atoms with E-state index in [0.717, 1.165) is 12.5 Å². The van der Waals surface area contributed by atoms with E-state index in [1.165, 1.54) is 41.6 Å². The van der Waals surface area contributed by atoms with Crippen LogP contribution in [-0.4, -0.2) is 23.6 Å². The number of anilines is 1. The Bertz CT molecular complexity index is 420. The van der Waals surface area contributed by atoms with E-state index in [9.17, 15) is 0 Å². The summed E-state index contributed by atoms with van der Waals surface area (Å²) in [5.74, 6) is 0.800. The van der Waals surface area contributed by atoms with Gasteiger partial charge in [-0.15, -0.1) is 11.3 Å². The van der Waals surface area contributed by atoms with Gasteiger partial charge < -0.3 is 10.2 Å². The molecule has 0 aromatic carbocycles. The highest BCUT2D eigenvalue weighted by Gasteiger charge is 2.20. The lowest BCUT2D eigenvalue weighted by atomic mass is 10.0. The molecule has 1 unspecified atom stereocenters. The fourth-order valence-corrected chi connectivity index (χ4v) is 3.46. The van der Waals surface area contributed by atoms with Gasteiger partial charge in [0.15, 0.2) is 5.13 Å². The second kappa shape index (κ2) is 5.80.